The highest BCUT2D eigenvalue weighted by atomic mass is 19.4. The van der Waals surface area contributed by atoms with E-state index in [2.05, 4.69) is 14.9 Å². The first-order valence-electron chi connectivity index (χ1n) is 6.53. The second-order valence-corrected chi connectivity index (χ2v) is 4.45. The smallest absolute Gasteiger partial charge is 0.418 e. The Hall–Kier alpha value is -2.84. The van der Waals surface area contributed by atoms with E-state index in [0.29, 0.717) is 0 Å². The van der Waals surface area contributed by atoms with Crippen molar-refractivity contribution in [3.8, 4) is 5.69 Å². The molecule has 0 amide bonds. The number of hydrogen-bond acceptors (Lipinski definition) is 5. The first-order chi connectivity index (χ1) is 10.8. The highest BCUT2D eigenvalue weighted by molar-refractivity contribution is 5.88. The van der Waals surface area contributed by atoms with E-state index in [1.807, 2.05) is 0 Å². The molecule has 23 heavy (non-hydrogen) atoms. The molecular formula is C14H13F3N4O2. The van der Waals surface area contributed by atoms with Gasteiger partial charge >= 0.3 is 12.1 Å². The van der Waals surface area contributed by atoms with Gasteiger partial charge in [-0.3, -0.25) is 4.57 Å². The minimum absolute atomic E-state index is 0.0385. The first kappa shape index (κ1) is 16.5. The molecule has 0 aliphatic carbocycles. The van der Waals surface area contributed by atoms with Gasteiger partial charge in [0.25, 0.3) is 0 Å². The van der Waals surface area contributed by atoms with Crippen molar-refractivity contribution in [2.45, 2.75) is 13.1 Å². The molecule has 0 aliphatic rings. The quantitative estimate of drug-likeness (QED) is 0.530. The molecule has 1 aromatic heterocycles. The summed E-state index contributed by atoms with van der Waals surface area (Å²) in [6.45, 7) is 1.78. The Bertz CT molecular complexity index is 724. The summed E-state index contributed by atoms with van der Waals surface area (Å²) >= 11 is 0. The fraction of sp³-hybridized carbons (Fsp3) is 0.214. The summed E-state index contributed by atoms with van der Waals surface area (Å²) in [5.41, 5.74) is 4.31. The summed E-state index contributed by atoms with van der Waals surface area (Å²) in [4.78, 5) is 11.3. The lowest BCUT2D eigenvalue weighted by molar-refractivity contribution is -0.137. The molecule has 2 N–H and O–H groups in total. The van der Waals surface area contributed by atoms with Gasteiger partial charge in [-0.25, -0.2) is 4.79 Å². The zero-order valence-corrected chi connectivity index (χ0v) is 12.0. The molecule has 0 aliphatic heterocycles. The van der Waals surface area contributed by atoms with Crippen LogP contribution in [0.4, 0.5) is 18.9 Å². The zero-order valence-electron chi connectivity index (χ0n) is 12.0. The summed E-state index contributed by atoms with van der Waals surface area (Å²) < 4.78 is 45.4. The second kappa shape index (κ2) is 6.51. The lowest BCUT2D eigenvalue weighted by Crippen LogP contribution is -2.11. The molecule has 0 saturated heterocycles. The molecule has 0 bridgehead atoms. The van der Waals surface area contributed by atoms with Gasteiger partial charge in [0.2, 0.25) is 0 Å². The SMILES string of the molecule is CCOC(=O)/C=C/c1cc(-n2cnnc2)cc(C(F)(F)F)c1N. The summed E-state index contributed by atoms with van der Waals surface area (Å²) in [7, 11) is 0. The van der Waals surface area contributed by atoms with E-state index >= 15 is 0 Å². The van der Waals surface area contributed by atoms with E-state index < -0.39 is 23.4 Å². The number of esters is 1. The number of anilines is 1. The number of nitrogen functional groups attached to an aromatic ring is 1. The maximum absolute atomic E-state index is 13.1. The van der Waals surface area contributed by atoms with Crippen LogP contribution in [-0.4, -0.2) is 27.3 Å². The predicted molar refractivity (Wildman–Crippen MR) is 76.4 cm³/mol. The fourth-order valence-corrected chi connectivity index (χ4v) is 1.86. The van der Waals surface area contributed by atoms with Gasteiger partial charge in [0.05, 0.1) is 17.9 Å². The molecule has 2 aromatic rings. The second-order valence-electron chi connectivity index (χ2n) is 4.45. The van der Waals surface area contributed by atoms with E-state index in [0.717, 1.165) is 12.1 Å². The van der Waals surface area contributed by atoms with Crippen molar-refractivity contribution in [3.63, 3.8) is 0 Å². The Morgan fingerprint density at radius 1 is 1.35 bits per heavy atom. The van der Waals surface area contributed by atoms with Crippen LogP contribution in [0.3, 0.4) is 0 Å². The number of alkyl halides is 3. The molecule has 2 rings (SSSR count). The largest absolute Gasteiger partial charge is 0.463 e. The van der Waals surface area contributed by atoms with Crippen LogP contribution in [0.5, 0.6) is 0 Å². The third kappa shape index (κ3) is 3.87. The molecule has 0 radical (unpaired) electrons. The number of ether oxygens (including phenoxy) is 1. The number of rotatable bonds is 4. The Morgan fingerprint density at radius 2 is 2.00 bits per heavy atom. The van der Waals surface area contributed by atoms with Crippen LogP contribution in [0, 0.1) is 0 Å². The minimum Gasteiger partial charge on any atom is -0.463 e. The normalized spacial score (nSPS) is 11.8. The van der Waals surface area contributed by atoms with Crippen LogP contribution in [0.25, 0.3) is 11.8 Å². The molecule has 0 spiro atoms. The molecule has 0 atom stereocenters. The first-order valence-corrected chi connectivity index (χ1v) is 6.53. The number of carbonyl (C=O) groups excluding carboxylic acids is 1. The van der Waals surface area contributed by atoms with Crippen LogP contribution >= 0.6 is 0 Å². The van der Waals surface area contributed by atoms with Crippen molar-refractivity contribution in [1.29, 1.82) is 0 Å². The van der Waals surface area contributed by atoms with Gasteiger partial charge in [-0.15, -0.1) is 10.2 Å². The third-order valence-electron chi connectivity index (χ3n) is 2.90. The van der Waals surface area contributed by atoms with Crippen molar-refractivity contribution in [1.82, 2.24) is 14.8 Å². The Morgan fingerprint density at radius 3 is 2.57 bits per heavy atom. The topological polar surface area (TPSA) is 83.0 Å². The van der Waals surface area contributed by atoms with E-state index in [9.17, 15) is 18.0 Å². The fourth-order valence-electron chi connectivity index (χ4n) is 1.86. The number of halogens is 3. The van der Waals surface area contributed by atoms with Gasteiger partial charge in [0.1, 0.15) is 12.7 Å². The monoisotopic (exact) mass is 326 g/mol. The molecule has 1 heterocycles. The van der Waals surface area contributed by atoms with Gasteiger partial charge in [0, 0.05) is 17.3 Å². The number of carbonyl (C=O) groups is 1. The van der Waals surface area contributed by atoms with Crippen molar-refractivity contribution < 1.29 is 22.7 Å². The maximum Gasteiger partial charge on any atom is 0.418 e. The summed E-state index contributed by atoms with van der Waals surface area (Å²) in [5, 5.41) is 7.10. The van der Waals surface area contributed by atoms with Crippen molar-refractivity contribution in [2.75, 3.05) is 12.3 Å². The molecule has 122 valence electrons. The average Bonchev–Trinajstić information content (AvgIpc) is 2.99. The summed E-state index contributed by atoms with van der Waals surface area (Å²) in [6.07, 6.45) is 0.0668. The number of hydrogen-bond donors (Lipinski definition) is 1. The molecule has 6 nitrogen and oxygen atoms in total. The van der Waals surface area contributed by atoms with Gasteiger partial charge in [-0.1, -0.05) is 0 Å². The van der Waals surface area contributed by atoms with Gasteiger partial charge in [-0.2, -0.15) is 13.2 Å². The number of aromatic nitrogens is 3. The van der Waals surface area contributed by atoms with Gasteiger partial charge in [-0.05, 0) is 25.1 Å². The minimum atomic E-state index is -4.64. The van der Waals surface area contributed by atoms with Crippen molar-refractivity contribution in [2.24, 2.45) is 0 Å². The van der Waals surface area contributed by atoms with Gasteiger partial charge < -0.3 is 10.5 Å². The van der Waals surface area contributed by atoms with Crippen LogP contribution in [0.2, 0.25) is 0 Å². The van der Waals surface area contributed by atoms with Crippen LogP contribution in [-0.2, 0) is 15.7 Å². The third-order valence-corrected chi connectivity index (χ3v) is 2.90. The Balaban J connectivity index is 2.52. The van der Waals surface area contributed by atoms with Crippen LogP contribution in [0.15, 0.2) is 30.9 Å². The molecular weight excluding hydrogens is 313 g/mol. The van der Waals surface area contributed by atoms with Crippen LogP contribution in [0.1, 0.15) is 18.1 Å². The average molecular weight is 326 g/mol. The van der Waals surface area contributed by atoms with E-state index in [4.69, 9.17) is 5.73 Å². The number of benzene rings is 1. The lowest BCUT2D eigenvalue weighted by Gasteiger charge is -2.14. The molecule has 0 fully saturated rings. The zero-order chi connectivity index (χ0) is 17.0. The molecule has 9 heteroatoms. The lowest BCUT2D eigenvalue weighted by atomic mass is 10.0. The summed E-state index contributed by atoms with van der Waals surface area (Å²) in [5.74, 6) is -0.671. The standard InChI is InChI=1S/C14H13F3N4O2/c1-2-23-12(22)4-3-9-5-10(21-7-19-20-8-21)6-11(13(9)18)14(15,16)17/h3-8H,2,18H2,1H3/b4-3+. The highest BCUT2D eigenvalue weighted by Gasteiger charge is 2.34. The molecule has 0 unspecified atom stereocenters. The number of nitrogens with two attached hydrogens (primary N) is 1. The van der Waals surface area contributed by atoms with Gasteiger partial charge in [0.15, 0.2) is 0 Å². The van der Waals surface area contributed by atoms with Crippen molar-refractivity contribution >= 4 is 17.7 Å². The van der Waals surface area contributed by atoms with Crippen LogP contribution < -0.4 is 5.73 Å². The van der Waals surface area contributed by atoms with E-state index in [1.165, 1.54) is 29.4 Å². The van der Waals surface area contributed by atoms with E-state index in [-0.39, 0.29) is 17.9 Å². The summed E-state index contributed by atoms with van der Waals surface area (Å²) in [6, 6.07) is 2.28. The molecule has 1 aromatic carbocycles. The Kier molecular flexibility index (Phi) is 4.68. The maximum atomic E-state index is 13.1. The Labute approximate surface area is 129 Å². The molecule has 0 saturated carbocycles. The van der Waals surface area contributed by atoms with E-state index in [1.54, 1.807) is 6.92 Å². The number of nitrogens with zero attached hydrogens (tertiary/aromatic N) is 3. The highest BCUT2D eigenvalue weighted by Crippen LogP contribution is 2.37. The predicted octanol–water partition coefficient (Wildman–Crippen LogP) is 2.44. The van der Waals surface area contributed by atoms with Crippen molar-refractivity contribution in [3.05, 3.63) is 42.0 Å².